The first-order valence-electron chi connectivity index (χ1n) is 11.3. The number of rotatable bonds is 5. The Kier molecular flexibility index (Phi) is 6.42. The molecule has 0 unspecified atom stereocenters. The molecule has 35 heavy (non-hydrogen) atoms. The van der Waals surface area contributed by atoms with Crippen molar-refractivity contribution in [1.29, 1.82) is 0 Å². The maximum Gasteiger partial charge on any atom is 0.251 e. The van der Waals surface area contributed by atoms with Crippen molar-refractivity contribution < 1.29 is 19.1 Å². The van der Waals surface area contributed by atoms with Gasteiger partial charge in [-0.15, -0.1) is 0 Å². The minimum atomic E-state index is -0.194. The molecule has 8 heteroatoms. The molecule has 0 saturated carbocycles. The summed E-state index contributed by atoms with van der Waals surface area (Å²) in [5.74, 6) is 0.965. The molecule has 1 aromatic heterocycles. The van der Waals surface area contributed by atoms with Gasteiger partial charge in [-0.25, -0.2) is 0 Å². The molecule has 1 N–H and O–H groups in total. The van der Waals surface area contributed by atoms with Gasteiger partial charge < -0.3 is 19.7 Å². The molecule has 0 atom stereocenters. The fourth-order valence-corrected chi connectivity index (χ4v) is 4.43. The zero-order valence-electron chi connectivity index (χ0n) is 19.2. The van der Waals surface area contributed by atoms with Gasteiger partial charge in [0.25, 0.3) is 5.91 Å². The van der Waals surface area contributed by atoms with Crippen LogP contribution in [0.15, 0.2) is 54.7 Å². The lowest BCUT2D eigenvalue weighted by Gasteiger charge is -2.30. The molecule has 2 aliphatic rings. The van der Waals surface area contributed by atoms with Crippen molar-refractivity contribution in [2.75, 3.05) is 13.3 Å². The molecule has 3 heterocycles. The van der Waals surface area contributed by atoms with Gasteiger partial charge in [-0.3, -0.25) is 14.6 Å². The Morgan fingerprint density at radius 3 is 2.77 bits per heavy atom. The van der Waals surface area contributed by atoms with Crippen LogP contribution in [0.1, 0.15) is 38.3 Å². The van der Waals surface area contributed by atoms with Crippen LogP contribution >= 0.6 is 11.6 Å². The number of amides is 2. The molecule has 0 aliphatic carbocycles. The van der Waals surface area contributed by atoms with Crippen molar-refractivity contribution in [3.05, 3.63) is 93.3 Å². The second kappa shape index (κ2) is 9.80. The van der Waals surface area contributed by atoms with Crippen molar-refractivity contribution in [2.45, 2.75) is 26.4 Å². The number of carbonyl (C=O) groups excluding carboxylic acids is 2. The summed E-state index contributed by atoms with van der Waals surface area (Å²) in [5.41, 5.74) is 5.45. The molecule has 0 bridgehead atoms. The highest BCUT2D eigenvalue weighted by molar-refractivity contribution is 6.30. The number of nitrogens with one attached hydrogen (secondary N) is 1. The van der Waals surface area contributed by atoms with Gasteiger partial charge >= 0.3 is 0 Å². The van der Waals surface area contributed by atoms with Crippen molar-refractivity contribution >= 4 is 29.5 Å². The number of hydrogen-bond donors (Lipinski definition) is 1. The van der Waals surface area contributed by atoms with Gasteiger partial charge in [0.05, 0.1) is 0 Å². The molecule has 2 aliphatic heterocycles. The van der Waals surface area contributed by atoms with E-state index in [1.807, 2.05) is 25.3 Å². The molecule has 0 radical (unpaired) electrons. The Morgan fingerprint density at radius 2 is 1.94 bits per heavy atom. The standard InChI is InChI=1S/C27H24ClN3O4/c1-17-23(14-30-27(33)19-5-8-24-25(12-19)35-16-34-24)22-10-11-31(15-20(22)13-29-17)26(32)9-4-18-2-6-21(28)7-3-18/h2-9,12-13H,10-11,14-16H2,1H3,(H,30,33). The smallest absolute Gasteiger partial charge is 0.251 e. The van der Waals surface area contributed by atoms with Gasteiger partial charge in [0.15, 0.2) is 11.5 Å². The van der Waals surface area contributed by atoms with Crippen LogP contribution in [0.3, 0.4) is 0 Å². The SMILES string of the molecule is Cc1ncc2c(c1CNC(=O)c1ccc3c(c1)OCO3)CCN(C(=O)C=Cc1ccc(Cl)cc1)C2. The number of carbonyl (C=O) groups is 2. The van der Waals surface area contributed by atoms with Crippen molar-refractivity contribution in [3.63, 3.8) is 0 Å². The van der Waals surface area contributed by atoms with E-state index < -0.39 is 0 Å². The number of hydrogen-bond acceptors (Lipinski definition) is 5. The number of ether oxygens (including phenoxy) is 2. The van der Waals surface area contributed by atoms with E-state index in [-0.39, 0.29) is 18.6 Å². The largest absolute Gasteiger partial charge is 0.454 e. The topological polar surface area (TPSA) is 80.8 Å². The Morgan fingerprint density at radius 1 is 1.14 bits per heavy atom. The highest BCUT2D eigenvalue weighted by atomic mass is 35.5. The summed E-state index contributed by atoms with van der Waals surface area (Å²) in [6.07, 6.45) is 5.91. The maximum absolute atomic E-state index is 12.8. The maximum atomic E-state index is 12.8. The normalized spacial score (nSPS) is 14.2. The summed E-state index contributed by atoms with van der Waals surface area (Å²) < 4.78 is 10.7. The minimum absolute atomic E-state index is 0.0520. The fraction of sp³-hybridized carbons (Fsp3) is 0.222. The number of nitrogens with zero attached hydrogens (tertiary/aromatic N) is 2. The van der Waals surface area contributed by atoms with Crippen LogP contribution in [0.5, 0.6) is 11.5 Å². The van der Waals surface area contributed by atoms with E-state index in [0.29, 0.717) is 48.1 Å². The molecule has 0 fully saturated rings. The number of fused-ring (bicyclic) bond motifs is 2. The van der Waals surface area contributed by atoms with Gasteiger partial charge in [0.1, 0.15) is 0 Å². The summed E-state index contributed by atoms with van der Waals surface area (Å²) in [5, 5.41) is 3.66. The van der Waals surface area contributed by atoms with E-state index in [4.69, 9.17) is 21.1 Å². The van der Waals surface area contributed by atoms with Crippen molar-refractivity contribution in [1.82, 2.24) is 15.2 Å². The van der Waals surface area contributed by atoms with Gasteiger partial charge in [0.2, 0.25) is 12.7 Å². The predicted octanol–water partition coefficient (Wildman–Crippen LogP) is 4.30. The van der Waals surface area contributed by atoms with Gasteiger partial charge in [-0.05, 0) is 72.0 Å². The second-order valence-corrected chi connectivity index (χ2v) is 8.91. The van der Waals surface area contributed by atoms with Gasteiger partial charge in [-0.2, -0.15) is 0 Å². The van der Waals surface area contributed by atoms with Crippen LogP contribution in [-0.4, -0.2) is 35.0 Å². The zero-order chi connectivity index (χ0) is 24.4. The predicted molar refractivity (Wildman–Crippen MR) is 132 cm³/mol. The molecule has 7 nitrogen and oxygen atoms in total. The Bertz CT molecular complexity index is 1320. The molecule has 5 rings (SSSR count). The average molecular weight is 490 g/mol. The first-order valence-corrected chi connectivity index (χ1v) is 11.7. The lowest BCUT2D eigenvalue weighted by molar-refractivity contribution is -0.126. The summed E-state index contributed by atoms with van der Waals surface area (Å²) >= 11 is 5.92. The molecule has 2 amide bonds. The van der Waals surface area contributed by atoms with Crippen LogP contribution < -0.4 is 14.8 Å². The van der Waals surface area contributed by atoms with Crippen LogP contribution in [0.25, 0.3) is 6.08 Å². The van der Waals surface area contributed by atoms with Crippen LogP contribution in [0.2, 0.25) is 5.02 Å². The quantitative estimate of drug-likeness (QED) is 0.540. The Labute approximate surface area is 208 Å². The summed E-state index contributed by atoms with van der Waals surface area (Å²) in [6.45, 7) is 3.55. The van der Waals surface area contributed by atoms with Crippen LogP contribution in [0, 0.1) is 6.92 Å². The monoisotopic (exact) mass is 489 g/mol. The highest BCUT2D eigenvalue weighted by Gasteiger charge is 2.23. The number of aryl methyl sites for hydroxylation is 1. The lowest BCUT2D eigenvalue weighted by atomic mass is 9.94. The third-order valence-corrected chi connectivity index (χ3v) is 6.51. The Balaban J connectivity index is 1.25. The first-order chi connectivity index (χ1) is 17.0. The molecular formula is C27H24ClN3O4. The van der Waals surface area contributed by atoms with Crippen LogP contribution in [0.4, 0.5) is 0 Å². The summed E-state index contributed by atoms with van der Waals surface area (Å²) in [6, 6.07) is 12.5. The number of aromatic nitrogens is 1. The van der Waals surface area contributed by atoms with E-state index in [2.05, 4.69) is 10.3 Å². The fourth-order valence-electron chi connectivity index (χ4n) is 4.30. The van der Waals surface area contributed by atoms with E-state index in [1.165, 1.54) is 0 Å². The average Bonchev–Trinajstić information content (AvgIpc) is 3.35. The molecule has 3 aromatic rings. The van der Waals surface area contributed by atoms with E-state index in [9.17, 15) is 9.59 Å². The molecule has 0 saturated heterocycles. The summed E-state index contributed by atoms with van der Waals surface area (Å²) in [4.78, 5) is 31.9. The second-order valence-electron chi connectivity index (χ2n) is 8.47. The molecule has 2 aromatic carbocycles. The molecule has 0 spiro atoms. The highest BCUT2D eigenvalue weighted by Crippen LogP contribution is 2.32. The van der Waals surface area contributed by atoms with Gasteiger partial charge in [-0.1, -0.05) is 23.7 Å². The van der Waals surface area contributed by atoms with Gasteiger partial charge in [0, 0.05) is 48.2 Å². The van der Waals surface area contributed by atoms with Crippen molar-refractivity contribution in [2.24, 2.45) is 0 Å². The third-order valence-electron chi connectivity index (χ3n) is 6.26. The third kappa shape index (κ3) is 5.00. The van der Waals surface area contributed by atoms with E-state index in [0.717, 1.165) is 27.9 Å². The Hall–Kier alpha value is -3.84. The number of halogens is 1. The molecule has 178 valence electrons. The summed E-state index contributed by atoms with van der Waals surface area (Å²) in [7, 11) is 0. The lowest BCUT2D eigenvalue weighted by Crippen LogP contribution is -2.36. The zero-order valence-corrected chi connectivity index (χ0v) is 20.0. The molecular weight excluding hydrogens is 466 g/mol. The number of benzene rings is 2. The van der Waals surface area contributed by atoms with Crippen molar-refractivity contribution in [3.8, 4) is 11.5 Å². The van der Waals surface area contributed by atoms with E-state index >= 15 is 0 Å². The minimum Gasteiger partial charge on any atom is -0.454 e. The number of pyridine rings is 1. The van der Waals surface area contributed by atoms with E-state index in [1.54, 1.807) is 47.4 Å². The van der Waals surface area contributed by atoms with Crippen LogP contribution in [-0.2, 0) is 24.3 Å². The first kappa shape index (κ1) is 22.9.